The summed E-state index contributed by atoms with van der Waals surface area (Å²) in [4.78, 5) is 28.4. The van der Waals surface area contributed by atoms with E-state index in [1.165, 1.54) is 24.8 Å². The first-order chi connectivity index (χ1) is 11.6. The molecule has 5 nitrogen and oxygen atoms in total. The zero-order chi connectivity index (χ0) is 16.9. The van der Waals surface area contributed by atoms with E-state index in [4.69, 9.17) is 0 Å². The van der Waals surface area contributed by atoms with E-state index in [2.05, 4.69) is 18.3 Å². The number of nitrogens with zero attached hydrogens (tertiary/aromatic N) is 2. The number of fused-ring (bicyclic) bond motifs is 1. The highest BCUT2D eigenvalue weighted by molar-refractivity contribution is 5.78. The number of nitrogens with one attached hydrogen (secondary N) is 1. The molecule has 24 heavy (non-hydrogen) atoms. The van der Waals surface area contributed by atoms with Crippen LogP contribution in [0.3, 0.4) is 0 Å². The summed E-state index contributed by atoms with van der Waals surface area (Å²) >= 11 is 0. The zero-order valence-corrected chi connectivity index (χ0v) is 14.9. The quantitative estimate of drug-likeness (QED) is 0.808. The Morgan fingerprint density at radius 1 is 1.17 bits per heavy atom. The summed E-state index contributed by atoms with van der Waals surface area (Å²) < 4.78 is 0. The van der Waals surface area contributed by atoms with E-state index >= 15 is 0 Å². The summed E-state index contributed by atoms with van der Waals surface area (Å²) in [5, 5.41) is 2.94. The summed E-state index contributed by atoms with van der Waals surface area (Å²) in [5.74, 6) is 1.48. The second kappa shape index (κ2) is 8.04. The topological polar surface area (TPSA) is 52.7 Å². The van der Waals surface area contributed by atoms with Crippen LogP contribution in [0.5, 0.6) is 0 Å². The van der Waals surface area contributed by atoms with Crippen molar-refractivity contribution in [2.45, 2.75) is 51.9 Å². The fraction of sp³-hybridized carbons (Fsp3) is 0.789. The molecule has 0 aromatic carbocycles. The molecule has 0 bridgehead atoms. The molecule has 2 aliphatic heterocycles. The maximum Gasteiger partial charge on any atom is 0.317 e. The van der Waals surface area contributed by atoms with Gasteiger partial charge in [-0.05, 0) is 50.4 Å². The van der Waals surface area contributed by atoms with Crippen LogP contribution < -0.4 is 5.32 Å². The molecule has 3 aliphatic rings. The molecule has 0 saturated carbocycles. The third-order valence-corrected chi connectivity index (χ3v) is 5.72. The van der Waals surface area contributed by atoms with Crippen LogP contribution in [0.15, 0.2) is 11.6 Å². The van der Waals surface area contributed by atoms with Gasteiger partial charge in [-0.15, -0.1) is 0 Å². The lowest BCUT2D eigenvalue weighted by Gasteiger charge is -2.36. The largest absolute Gasteiger partial charge is 0.342 e. The number of likely N-dealkylation sites (tertiary alicyclic amines) is 2. The molecule has 2 heterocycles. The van der Waals surface area contributed by atoms with Crippen LogP contribution in [0.4, 0.5) is 4.79 Å². The van der Waals surface area contributed by atoms with Gasteiger partial charge < -0.3 is 15.1 Å². The van der Waals surface area contributed by atoms with Crippen LogP contribution in [0.25, 0.3) is 0 Å². The molecule has 1 aliphatic carbocycles. The van der Waals surface area contributed by atoms with Gasteiger partial charge in [-0.25, -0.2) is 4.79 Å². The monoisotopic (exact) mass is 333 g/mol. The number of hydrogen-bond donors (Lipinski definition) is 1. The fourth-order valence-corrected chi connectivity index (χ4v) is 4.27. The van der Waals surface area contributed by atoms with Gasteiger partial charge in [-0.2, -0.15) is 0 Å². The van der Waals surface area contributed by atoms with Crippen LogP contribution in [-0.4, -0.2) is 54.5 Å². The number of allylic oxidation sites excluding steroid dienone is 1. The lowest BCUT2D eigenvalue weighted by molar-refractivity contribution is -0.132. The van der Waals surface area contributed by atoms with Crippen molar-refractivity contribution in [3.05, 3.63) is 11.6 Å². The van der Waals surface area contributed by atoms with Gasteiger partial charge in [0.05, 0.1) is 0 Å². The number of rotatable bonds is 3. The van der Waals surface area contributed by atoms with Crippen LogP contribution in [0.2, 0.25) is 0 Å². The van der Waals surface area contributed by atoms with Gasteiger partial charge in [0.2, 0.25) is 5.91 Å². The van der Waals surface area contributed by atoms with Gasteiger partial charge in [0.15, 0.2) is 0 Å². The van der Waals surface area contributed by atoms with Gasteiger partial charge in [-0.3, -0.25) is 4.79 Å². The Labute approximate surface area is 145 Å². The molecule has 1 N–H and O–H groups in total. The second-order valence-corrected chi connectivity index (χ2v) is 7.69. The molecule has 2 unspecified atom stereocenters. The predicted molar refractivity (Wildman–Crippen MR) is 94.6 cm³/mol. The summed E-state index contributed by atoms with van der Waals surface area (Å²) in [5.41, 5.74) is 1.45. The van der Waals surface area contributed by atoms with E-state index < -0.39 is 0 Å². The molecule has 2 atom stereocenters. The van der Waals surface area contributed by atoms with Crippen LogP contribution in [-0.2, 0) is 4.79 Å². The fourth-order valence-electron chi connectivity index (χ4n) is 4.27. The molecule has 0 radical (unpaired) electrons. The molecule has 134 valence electrons. The molecule has 2 saturated heterocycles. The number of amides is 3. The molecule has 0 spiro atoms. The van der Waals surface area contributed by atoms with E-state index in [1.54, 1.807) is 0 Å². The first-order valence-corrected chi connectivity index (χ1v) is 9.63. The Balaban J connectivity index is 1.39. The zero-order valence-electron chi connectivity index (χ0n) is 14.9. The van der Waals surface area contributed by atoms with E-state index in [0.29, 0.717) is 24.8 Å². The highest BCUT2D eigenvalue weighted by Crippen LogP contribution is 2.31. The maximum atomic E-state index is 12.3. The van der Waals surface area contributed by atoms with Crippen molar-refractivity contribution in [2.24, 2.45) is 11.8 Å². The number of carbonyl (C=O) groups is 2. The minimum absolute atomic E-state index is 0.0141. The number of urea groups is 1. The summed E-state index contributed by atoms with van der Waals surface area (Å²) in [6.45, 7) is 6.00. The smallest absolute Gasteiger partial charge is 0.317 e. The number of piperidine rings is 2. The average molecular weight is 333 g/mol. The maximum absolute atomic E-state index is 12.3. The molecule has 0 aromatic heterocycles. The first-order valence-electron chi connectivity index (χ1n) is 9.63. The Morgan fingerprint density at radius 3 is 2.88 bits per heavy atom. The Morgan fingerprint density at radius 2 is 2.04 bits per heavy atom. The Kier molecular flexibility index (Phi) is 5.80. The van der Waals surface area contributed by atoms with Crippen molar-refractivity contribution in [3.8, 4) is 0 Å². The van der Waals surface area contributed by atoms with Crippen LogP contribution in [0.1, 0.15) is 51.9 Å². The van der Waals surface area contributed by atoms with E-state index in [-0.39, 0.29) is 11.9 Å². The van der Waals surface area contributed by atoms with Crippen molar-refractivity contribution < 1.29 is 9.59 Å². The Hall–Kier alpha value is -1.52. The first kappa shape index (κ1) is 17.3. The molecular formula is C19H31N3O2. The van der Waals surface area contributed by atoms with Gasteiger partial charge in [0, 0.05) is 39.1 Å². The van der Waals surface area contributed by atoms with E-state index in [0.717, 1.165) is 45.4 Å². The lowest BCUT2D eigenvalue weighted by atomic mass is 9.82. The normalized spacial score (nSPS) is 27.3. The van der Waals surface area contributed by atoms with Gasteiger partial charge in [0.1, 0.15) is 0 Å². The van der Waals surface area contributed by atoms with Crippen LogP contribution in [0, 0.1) is 11.8 Å². The number of hydrogen-bond acceptors (Lipinski definition) is 2. The average Bonchev–Trinajstić information content (AvgIpc) is 2.61. The third-order valence-electron chi connectivity index (χ3n) is 5.72. The molecule has 0 aromatic rings. The van der Waals surface area contributed by atoms with Gasteiger partial charge in [-0.1, -0.05) is 18.6 Å². The van der Waals surface area contributed by atoms with Crippen molar-refractivity contribution in [1.82, 2.24) is 15.1 Å². The summed E-state index contributed by atoms with van der Waals surface area (Å²) in [7, 11) is 0. The highest BCUT2D eigenvalue weighted by Gasteiger charge is 2.28. The molecule has 3 rings (SSSR count). The molecule has 5 heteroatoms. The molecule has 3 amide bonds. The predicted octanol–water partition coefficient (Wildman–Crippen LogP) is 2.78. The summed E-state index contributed by atoms with van der Waals surface area (Å²) in [6.07, 6.45) is 9.87. The Bertz CT molecular complexity index is 503. The van der Waals surface area contributed by atoms with Crippen LogP contribution >= 0.6 is 0 Å². The summed E-state index contributed by atoms with van der Waals surface area (Å²) in [6, 6.07) is -0.0141. The van der Waals surface area contributed by atoms with E-state index in [9.17, 15) is 9.59 Å². The van der Waals surface area contributed by atoms with Crippen molar-refractivity contribution in [1.29, 1.82) is 0 Å². The van der Waals surface area contributed by atoms with Crippen molar-refractivity contribution in [2.75, 3.05) is 32.7 Å². The molecule has 2 fully saturated rings. The third kappa shape index (κ3) is 4.31. The SMILES string of the molecule is CC1CCCN(C(=O)CCNC(=O)N2CCC3CCCC=C3C2)C1. The van der Waals surface area contributed by atoms with Gasteiger partial charge in [0.25, 0.3) is 0 Å². The van der Waals surface area contributed by atoms with Crippen molar-refractivity contribution in [3.63, 3.8) is 0 Å². The minimum Gasteiger partial charge on any atom is -0.342 e. The highest BCUT2D eigenvalue weighted by atomic mass is 16.2. The standard InChI is InChI=1S/C19H31N3O2/c1-15-5-4-11-21(13-15)18(23)8-10-20-19(24)22-12-9-16-6-2-3-7-17(16)14-22/h7,15-16H,2-6,8-14H2,1H3,(H,20,24). The van der Waals surface area contributed by atoms with Gasteiger partial charge >= 0.3 is 6.03 Å². The molecular weight excluding hydrogens is 302 g/mol. The lowest BCUT2D eigenvalue weighted by Crippen LogP contribution is -2.47. The van der Waals surface area contributed by atoms with Crippen molar-refractivity contribution >= 4 is 11.9 Å². The minimum atomic E-state index is -0.0141. The second-order valence-electron chi connectivity index (χ2n) is 7.69. The van der Waals surface area contributed by atoms with E-state index in [1.807, 2.05) is 9.80 Å². The number of carbonyl (C=O) groups excluding carboxylic acids is 2.